The van der Waals surface area contributed by atoms with E-state index in [0.29, 0.717) is 11.3 Å². The fourth-order valence-corrected chi connectivity index (χ4v) is 3.01. The third-order valence-electron chi connectivity index (χ3n) is 4.58. The van der Waals surface area contributed by atoms with E-state index in [0.717, 1.165) is 18.2 Å². The lowest BCUT2D eigenvalue weighted by molar-refractivity contribution is -0.137. The zero-order valence-corrected chi connectivity index (χ0v) is 17.5. The minimum atomic E-state index is -4.67. The smallest absolute Gasteiger partial charge is 0.398 e. The van der Waals surface area contributed by atoms with Crippen molar-refractivity contribution in [3.8, 4) is 11.3 Å². The fraction of sp³-hybridized carbons (Fsp3) is 0.130. The van der Waals surface area contributed by atoms with Crippen LogP contribution in [-0.2, 0) is 12.8 Å². The molecule has 170 valence electrons. The van der Waals surface area contributed by atoms with Crippen molar-refractivity contribution in [2.24, 2.45) is 10.7 Å². The number of carbonyl (C=O) groups excluding carboxylic acids is 1. The Hall–Kier alpha value is -4.05. The first-order valence-corrected chi connectivity index (χ1v) is 9.67. The number of aliphatic imine (C=N–C) groups is 1. The predicted molar refractivity (Wildman–Crippen MR) is 119 cm³/mol. The van der Waals surface area contributed by atoms with Crippen LogP contribution in [0.1, 0.15) is 27.3 Å². The van der Waals surface area contributed by atoms with Gasteiger partial charge >= 0.3 is 6.18 Å². The fourth-order valence-electron chi connectivity index (χ4n) is 3.01. The number of amides is 1. The number of carbonyl (C=O) groups is 1. The molecular formula is C23H20F3N5O2. The monoisotopic (exact) mass is 455 g/mol. The summed E-state index contributed by atoms with van der Waals surface area (Å²) in [6.07, 6.45) is -0.855. The number of anilines is 1. The second-order valence-corrected chi connectivity index (χ2v) is 6.81. The minimum Gasteiger partial charge on any atom is -0.398 e. The summed E-state index contributed by atoms with van der Waals surface area (Å²) < 4.78 is 40.4. The second-order valence-electron chi connectivity index (χ2n) is 6.81. The Morgan fingerprint density at radius 2 is 1.94 bits per heavy atom. The number of rotatable bonds is 6. The molecule has 0 aliphatic rings. The molecule has 7 nitrogen and oxygen atoms in total. The van der Waals surface area contributed by atoms with E-state index >= 15 is 0 Å². The van der Waals surface area contributed by atoms with Gasteiger partial charge in [-0.1, -0.05) is 30.3 Å². The Morgan fingerprint density at radius 1 is 1.21 bits per heavy atom. The zero-order valence-electron chi connectivity index (χ0n) is 17.5. The Labute approximate surface area is 187 Å². The Balaban J connectivity index is 2.02. The van der Waals surface area contributed by atoms with E-state index in [1.807, 2.05) is 0 Å². The molecule has 0 unspecified atom stereocenters. The highest BCUT2D eigenvalue weighted by molar-refractivity contribution is 6.06. The maximum Gasteiger partial charge on any atom is 0.417 e. The number of benzene rings is 2. The molecule has 1 aromatic heterocycles. The van der Waals surface area contributed by atoms with Crippen molar-refractivity contribution < 1.29 is 23.1 Å². The number of aliphatic hydroxyl groups excluding tert-OH is 1. The molecule has 0 atom stereocenters. The SMILES string of the molecule is CN=CC=C(N)c1cc(C(=O)Nc2cnc(CO)nc2-c2ccccc2)ccc1C(F)(F)F. The molecule has 0 fully saturated rings. The highest BCUT2D eigenvalue weighted by Gasteiger charge is 2.34. The molecule has 33 heavy (non-hydrogen) atoms. The highest BCUT2D eigenvalue weighted by Crippen LogP contribution is 2.35. The number of halogens is 3. The summed E-state index contributed by atoms with van der Waals surface area (Å²) in [5, 5.41) is 12.0. The lowest BCUT2D eigenvalue weighted by Gasteiger charge is -2.15. The van der Waals surface area contributed by atoms with Crippen LogP contribution in [0.4, 0.5) is 18.9 Å². The van der Waals surface area contributed by atoms with E-state index in [1.165, 1.54) is 25.5 Å². The van der Waals surface area contributed by atoms with Gasteiger partial charge in [-0.2, -0.15) is 13.2 Å². The van der Waals surface area contributed by atoms with Crippen LogP contribution >= 0.6 is 0 Å². The standard InChI is InChI=1S/C23H20F3N5O2/c1-28-10-9-18(27)16-11-15(7-8-17(16)23(24,25)26)22(33)30-19-12-29-20(13-32)31-21(19)14-5-3-2-4-6-14/h2-12,32H,13,27H2,1H3,(H,30,33). The van der Waals surface area contributed by atoms with Crippen LogP contribution in [0.25, 0.3) is 17.0 Å². The van der Waals surface area contributed by atoms with Crippen molar-refractivity contribution in [3.05, 3.63) is 83.3 Å². The molecule has 0 saturated carbocycles. The molecule has 3 rings (SSSR count). The van der Waals surface area contributed by atoms with Gasteiger partial charge in [-0.25, -0.2) is 9.97 Å². The summed E-state index contributed by atoms with van der Waals surface area (Å²) in [6.45, 7) is -0.400. The van der Waals surface area contributed by atoms with Gasteiger partial charge in [0.1, 0.15) is 6.61 Å². The van der Waals surface area contributed by atoms with Gasteiger partial charge in [0.05, 0.1) is 23.1 Å². The largest absolute Gasteiger partial charge is 0.417 e. The number of nitrogens with zero attached hydrogens (tertiary/aromatic N) is 3. The summed E-state index contributed by atoms with van der Waals surface area (Å²) in [5.41, 5.74) is 5.51. The van der Waals surface area contributed by atoms with Crippen molar-refractivity contribution in [1.82, 2.24) is 9.97 Å². The number of nitrogens with one attached hydrogen (secondary N) is 1. The van der Waals surface area contributed by atoms with Gasteiger partial charge in [-0.05, 0) is 24.3 Å². The molecule has 0 spiro atoms. The molecule has 10 heteroatoms. The number of aliphatic hydroxyl groups is 1. The molecule has 0 aliphatic heterocycles. The van der Waals surface area contributed by atoms with Gasteiger partial charge in [-0.3, -0.25) is 9.79 Å². The van der Waals surface area contributed by atoms with Gasteiger partial charge in [0.15, 0.2) is 5.82 Å². The van der Waals surface area contributed by atoms with E-state index < -0.39 is 24.3 Å². The molecule has 0 bridgehead atoms. The summed E-state index contributed by atoms with van der Waals surface area (Å²) in [6, 6.07) is 11.8. The number of hydrogen-bond donors (Lipinski definition) is 3. The van der Waals surface area contributed by atoms with Crippen molar-refractivity contribution >= 4 is 23.5 Å². The number of allylic oxidation sites excluding steroid dienone is 1. The topological polar surface area (TPSA) is 113 Å². The molecule has 0 aliphatic carbocycles. The summed E-state index contributed by atoms with van der Waals surface area (Å²) in [7, 11) is 1.45. The number of alkyl halides is 3. The molecule has 2 aromatic carbocycles. The normalized spacial score (nSPS) is 12.2. The summed E-state index contributed by atoms with van der Waals surface area (Å²) >= 11 is 0. The van der Waals surface area contributed by atoms with Crippen LogP contribution in [0.15, 0.2) is 65.8 Å². The van der Waals surface area contributed by atoms with Crippen LogP contribution in [0.2, 0.25) is 0 Å². The van der Waals surface area contributed by atoms with Crippen LogP contribution in [0, 0.1) is 0 Å². The van der Waals surface area contributed by atoms with Gasteiger partial charge < -0.3 is 16.2 Å². The van der Waals surface area contributed by atoms with Gasteiger partial charge in [0, 0.05) is 35.6 Å². The molecular weight excluding hydrogens is 435 g/mol. The van der Waals surface area contributed by atoms with E-state index in [-0.39, 0.29) is 28.3 Å². The third-order valence-corrected chi connectivity index (χ3v) is 4.58. The Bertz CT molecular complexity index is 1210. The first-order valence-electron chi connectivity index (χ1n) is 9.67. The van der Waals surface area contributed by atoms with E-state index in [9.17, 15) is 23.1 Å². The van der Waals surface area contributed by atoms with Gasteiger partial charge in [0.25, 0.3) is 5.91 Å². The van der Waals surface area contributed by atoms with E-state index in [1.54, 1.807) is 30.3 Å². The second kappa shape index (κ2) is 10.0. The van der Waals surface area contributed by atoms with E-state index in [2.05, 4.69) is 20.3 Å². The van der Waals surface area contributed by atoms with Crippen molar-refractivity contribution in [3.63, 3.8) is 0 Å². The molecule has 3 aromatic rings. The quantitative estimate of drug-likeness (QED) is 0.488. The van der Waals surface area contributed by atoms with E-state index in [4.69, 9.17) is 5.73 Å². The lowest BCUT2D eigenvalue weighted by Crippen LogP contribution is -2.17. The maximum atomic E-state index is 13.5. The van der Waals surface area contributed by atoms with Crippen LogP contribution in [0.3, 0.4) is 0 Å². The first-order chi connectivity index (χ1) is 15.7. The van der Waals surface area contributed by atoms with Gasteiger partial charge in [0.2, 0.25) is 0 Å². The van der Waals surface area contributed by atoms with Crippen LogP contribution < -0.4 is 11.1 Å². The Kier molecular flexibility index (Phi) is 7.19. The lowest BCUT2D eigenvalue weighted by atomic mass is 10.00. The number of hydrogen-bond acceptors (Lipinski definition) is 6. The molecule has 4 N–H and O–H groups in total. The minimum absolute atomic E-state index is 0.0481. The van der Waals surface area contributed by atoms with Crippen LogP contribution in [-0.4, -0.2) is 34.2 Å². The van der Waals surface area contributed by atoms with Crippen molar-refractivity contribution in [1.29, 1.82) is 0 Å². The zero-order chi connectivity index (χ0) is 24.0. The average molecular weight is 455 g/mol. The van der Waals surface area contributed by atoms with Crippen molar-refractivity contribution in [2.75, 3.05) is 12.4 Å². The number of nitrogens with two attached hydrogens (primary N) is 1. The van der Waals surface area contributed by atoms with Gasteiger partial charge in [-0.15, -0.1) is 0 Å². The summed E-state index contributed by atoms with van der Waals surface area (Å²) in [5.74, 6) is -0.529. The van der Waals surface area contributed by atoms with Crippen LogP contribution in [0.5, 0.6) is 0 Å². The molecule has 0 saturated heterocycles. The first kappa shape index (κ1) is 23.6. The molecule has 1 heterocycles. The average Bonchev–Trinajstić information content (AvgIpc) is 2.82. The Morgan fingerprint density at radius 3 is 2.58 bits per heavy atom. The van der Waals surface area contributed by atoms with Crippen molar-refractivity contribution in [2.45, 2.75) is 12.8 Å². The number of aromatic nitrogens is 2. The highest BCUT2D eigenvalue weighted by atomic mass is 19.4. The third kappa shape index (κ3) is 5.60. The predicted octanol–water partition coefficient (Wildman–Crippen LogP) is 3.91. The molecule has 1 amide bonds. The summed E-state index contributed by atoms with van der Waals surface area (Å²) in [4.78, 5) is 24.9. The molecule has 0 radical (unpaired) electrons. The maximum absolute atomic E-state index is 13.5.